The van der Waals surface area contributed by atoms with Gasteiger partial charge in [0.15, 0.2) is 11.6 Å². The molecule has 0 aliphatic rings. The molecule has 1 aromatic heterocycles. The lowest BCUT2D eigenvalue weighted by Crippen LogP contribution is -2.12. The van der Waals surface area contributed by atoms with Crippen molar-refractivity contribution in [3.63, 3.8) is 0 Å². The van der Waals surface area contributed by atoms with E-state index in [1.165, 1.54) is 13.2 Å². The zero-order valence-corrected chi connectivity index (χ0v) is 11.0. The lowest BCUT2D eigenvalue weighted by atomic mass is 10.2. The maximum Gasteiger partial charge on any atom is 0.165 e. The average molecular weight is 277 g/mol. The Labute approximate surface area is 115 Å². The maximum atomic E-state index is 13.3. The van der Waals surface area contributed by atoms with Crippen molar-refractivity contribution >= 4 is 28.6 Å². The molecule has 0 amide bonds. The lowest BCUT2D eigenvalue weighted by Gasteiger charge is -2.11. The lowest BCUT2D eigenvalue weighted by molar-refractivity contribution is 0.387. The second kappa shape index (κ2) is 5.62. The summed E-state index contributed by atoms with van der Waals surface area (Å²) in [5, 5.41) is 3.08. The predicted octanol–water partition coefficient (Wildman–Crippen LogP) is 2.61. The summed E-state index contributed by atoms with van der Waals surface area (Å²) < 4.78 is 18.2. The summed E-state index contributed by atoms with van der Waals surface area (Å²) in [7, 11) is 1.41. The number of nitrogens with two attached hydrogens (primary N) is 1. The predicted molar refractivity (Wildman–Crippen MR) is 76.4 cm³/mol. The van der Waals surface area contributed by atoms with Crippen molar-refractivity contribution in [2.24, 2.45) is 5.73 Å². The van der Waals surface area contributed by atoms with Crippen LogP contribution in [-0.2, 0) is 0 Å². The number of methoxy groups -OCH3 is 1. The number of rotatable bonds is 4. The normalized spacial score (nSPS) is 10.0. The highest BCUT2D eigenvalue weighted by Crippen LogP contribution is 2.25. The molecule has 0 fully saturated rings. The Morgan fingerprint density at radius 2 is 2.21 bits per heavy atom. The number of thiocarbonyl (C=S) groups is 1. The topological polar surface area (TPSA) is 60.2 Å². The number of hydrogen-bond acceptors (Lipinski definition) is 4. The third-order valence-corrected chi connectivity index (χ3v) is 2.74. The Morgan fingerprint density at radius 1 is 1.42 bits per heavy atom. The highest BCUT2D eigenvalue weighted by molar-refractivity contribution is 7.80. The number of pyridine rings is 1. The Balaban J connectivity index is 2.34. The molecule has 0 saturated heterocycles. The van der Waals surface area contributed by atoms with Crippen molar-refractivity contribution in [3.8, 4) is 5.75 Å². The molecule has 98 valence electrons. The molecule has 1 aromatic carbocycles. The maximum absolute atomic E-state index is 13.3. The molecule has 0 spiro atoms. The highest BCUT2D eigenvalue weighted by Gasteiger charge is 2.07. The van der Waals surface area contributed by atoms with Crippen molar-refractivity contribution in [2.75, 3.05) is 12.4 Å². The minimum Gasteiger partial charge on any atom is -0.494 e. The van der Waals surface area contributed by atoms with Gasteiger partial charge in [-0.05, 0) is 18.2 Å². The standard InChI is InChI=1S/C13H12FN3OS/c1-18-12-6-8(2-3-10(12)14)17-11-7-16-5-4-9(11)13(15)19/h2-7,17H,1H3,(H2,15,19). The van der Waals surface area contributed by atoms with Crippen molar-refractivity contribution in [1.82, 2.24) is 4.98 Å². The molecule has 19 heavy (non-hydrogen) atoms. The largest absolute Gasteiger partial charge is 0.494 e. The van der Waals surface area contributed by atoms with Crippen LogP contribution in [0.15, 0.2) is 36.7 Å². The summed E-state index contributed by atoms with van der Waals surface area (Å²) in [6.07, 6.45) is 3.20. The molecule has 6 heteroatoms. The molecule has 2 aromatic rings. The number of hydrogen-bond donors (Lipinski definition) is 2. The van der Waals surface area contributed by atoms with E-state index < -0.39 is 5.82 Å². The summed E-state index contributed by atoms with van der Waals surface area (Å²) in [5.74, 6) is -0.264. The van der Waals surface area contributed by atoms with E-state index in [1.807, 2.05) is 0 Å². The van der Waals surface area contributed by atoms with E-state index in [4.69, 9.17) is 22.7 Å². The van der Waals surface area contributed by atoms with Gasteiger partial charge < -0.3 is 15.8 Å². The van der Waals surface area contributed by atoms with Crippen molar-refractivity contribution in [3.05, 3.63) is 48.0 Å². The van der Waals surface area contributed by atoms with Crippen LogP contribution in [0.3, 0.4) is 0 Å². The Bertz CT molecular complexity index is 619. The number of nitrogens with one attached hydrogen (secondary N) is 1. The van der Waals surface area contributed by atoms with E-state index >= 15 is 0 Å². The van der Waals surface area contributed by atoms with Gasteiger partial charge in [-0.25, -0.2) is 4.39 Å². The van der Waals surface area contributed by atoms with E-state index in [1.54, 1.807) is 30.6 Å². The fourth-order valence-corrected chi connectivity index (χ4v) is 1.78. The van der Waals surface area contributed by atoms with E-state index in [-0.39, 0.29) is 10.7 Å². The van der Waals surface area contributed by atoms with Crippen LogP contribution >= 0.6 is 12.2 Å². The van der Waals surface area contributed by atoms with Gasteiger partial charge in [0.05, 0.1) is 19.0 Å². The summed E-state index contributed by atoms with van der Waals surface area (Å²) in [6, 6.07) is 6.17. The van der Waals surface area contributed by atoms with Gasteiger partial charge >= 0.3 is 0 Å². The second-order valence-electron chi connectivity index (χ2n) is 3.76. The van der Waals surface area contributed by atoms with Crippen LogP contribution in [0.2, 0.25) is 0 Å². The third kappa shape index (κ3) is 2.97. The van der Waals surface area contributed by atoms with E-state index in [0.29, 0.717) is 16.9 Å². The number of aromatic nitrogens is 1. The monoisotopic (exact) mass is 277 g/mol. The summed E-state index contributed by atoms with van der Waals surface area (Å²) >= 11 is 4.96. The van der Waals surface area contributed by atoms with Gasteiger partial charge in [0, 0.05) is 23.5 Å². The SMILES string of the molecule is COc1cc(Nc2cnccc2C(N)=S)ccc1F. The van der Waals surface area contributed by atoms with E-state index in [0.717, 1.165) is 0 Å². The van der Waals surface area contributed by atoms with Gasteiger partial charge in [-0.1, -0.05) is 12.2 Å². The van der Waals surface area contributed by atoms with Crippen LogP contribution in [0.4, 0.5) is 15.8 Å². The smallest absolute Gasteiger partial charge is 0.165 e. The molecule has 2 rings (SSSR count). The van der Waals surface area contributed by atoms with Gasteiger partial charge in [0.2, 0.25) is 0 Å². The number of halogens is 1. The first-order valence-corrected chi connectivity index (χ1v) is 5.87. The number of nitrogens with zero attached hydrogens (tertiary/aromatic N) is 1. The first-order chi connectivity index (χ1) is 9.11. The number of ether oxygens (including phenoxy) is 1. The summed E-state index contributed by atoms with van der Waals surface area (Å²) in [5.41, 5.74) is 7.61. The number of benzene rings is 1. The average Bonchev–Trinajstić information content (AvgIpc) is 2.41. The molecule has 0 saturated carbocycles. The summed E-state index contributed by atoms with van der Waals surface area (Å²) in [4.78, 5) is 4.26. The van der Waals surface area contributed by atoms with Crippen LogP contribution in [0.5, 0.6) is 5.75 Å². The molecule has 0 atom stereocenters. The van der Waals surface area contributed by atoms with E-state index in [9.17, 15) is 4.39 Å². The van der Waals surface area contributed by atoms with Crippen molar-refractivity contribution in [2.45, 2.75) is 0 Å². The molecular weight excluding hydrogens is 265 g/mol. The quantitative estimate of drug-likeness (QED) is 0.841. The van der Waals surface area contributed by atoms with Crippen molar-refractivity contribution < 1.29 is 9.13 Å². The molecule has 0 bridgehead atoms. The zero-order chi connectivity index (χ0) is 13.8. The highest BCUT2D eigenvalue weighted by atomic mass is 32.1. The van der Waals surface area contributed by atoms with Crippen LogP contribution in [0, 0.1) is 5.82 Å². The first kappa shape index (κ1) is 13.2. The fraction of sp³-hybridized carbons (Fsp3) is 0.0769. The first-order valence-electron chi connectivity index (χ1n) is 5.46. The molecule has 1 heterocycles. The minimum absolute atomic E-state index is 0.158. The zero-order valence-electron chi connectivity index (χ0n) is 10.2. The number of anilines is 2. The van der Waals surface area contributed by atoms with Crippen LogP contribution < -0.4 is 15.8 Å². The van der Waals surface area contributed by atoms with Crippen LogP contribution in [0.1, 0.15) is 5.56 Å². The molecule has 4 nitrogen and oxygen atoms in total. The molecule has 0 aliphatic carbocycles. The second-order valence-corrected chi connectivity index (χ2v) is 4.20. The summed E-state index contributed by atoms with van der Waals surface area (Å²) in [6.45, 7) is 0. The molecule has 0 unspecified atom stereocenters. The fourth-order valence-electron chi connectivity index (χ4n) is 1.60. The van der Waals surface area contributed by atoms with Gasteiger partial charge in [-0.15, -0.1) is 0 Å². The Morgan fingerprint density at radius 3 is 2.89 bits per heavy atom. The van der Waals surface area contributed by atoms with Crippen LogP contribution in [0.25, 0.3) is 0 Å². The van der Waals surface area contributed by atoms with Crippen LogP contribution in [-0.4, -0.2) is 17.1 Å². The minimum atomic E-state index is -0.422. The molecule has 0 aliphatic heterocycles. The van der Waals surface area contributed by atoms with Crippen molar-refractivity contribution in [1.29, 1.82) is 0 Å². The van der Waals surface area contributed by atoms with E-state index in [2.05, 4.69) is 10.3 Å². The molecule has 0 radical (unpaired) electrons. The Hall–Kier alpha value is -2.21. The molecule has 3 N–H and O–H groups in total. The molecular formula is C13H12FN3OS. The Kier molecular flexibility index (Phi) is 3.91. The van der Waals surface area contributed by atoms with Gasteiger partial charge in [-0.2, -0.15) is 0 Å². The van der Waals surface area contributed by atoms with Gasteiger partial charge in [0.1, 0.15) is 4.99 Å². The third-order valence-electron chi connectivity index (χ3n) is 2.52. The van der Waals surface area contributed by atoms with Gasteiger partial charge in [-0.3, -0.25) is 4.98 Å². The van der Waals surface area contributed by atoms with Gasteiger partial charge in [0.25, 0.3) is 0 Å².